The van der Waals surface area contributed by atoms with Crippen LogP contribution in [0.1, 0.15) is 39.0 Å². The van der Waals surface area contributed by atoms with Crippen molar-refractivity contribution in [2.75, 3.05) is 13.2 Å². The predicted octanol–water partition coefficient (Wildman–Crippen LogP) is -2.81. The van der Waals surface area contributed by atoms with E-state index in [2.05, 4.69) is 19.7 Å². The van der Waals surface area contributed by atoms with Crippen LogP contribution in [0.3, 0.4) is 0 Å². The Morgan fingerprint density at radius 1 is 0.815 bits per heavy atom. The summed E-state index contributed by atoms with van der Waals surface area (Å²) in [5.74, 6) is -3.87. The van der Waals surface area contributed by atoms with Gasteiger partial charge in [-0.2, -0.15) is 0 Å². The highest BCUT2D eigenvalue weighted by molar-refractivity contribution is 5.85. The van der Waals surface area contributed by atoms with E-state index in [1.165, 1.54) is 0 Å². The van der Waals surface area contributed by atoms with E-state index in [1.807, 2.05) is 0 Å². The molecule has 0 bridgehead atoms. The summed E-state index contributed by atoms with van der Waals surface area (Å²) in [6, 6.07) is 0. The monoisotopic (exact) mass is 387 g/mol. The lowest BCUT2D eigenvalue weighted by atomic mass is 10.1. The van der Waals surface area contributed by atoms with Crippen LogP contribution in [0.2, 0.25) is 0 Å². The minimum Gasteiger partial charge on any atom is -0.545 e. The Morgan fingerprint density at radius 2 is 1.26 bits per heavy atom. The van der Waals surface area contributed by atoms with Crippen molar-refractivity contribution in [2.24, 2.45) is 0 Å². The van der Waals surface area contributed by atoms with Crippen LogP contribution in [-0.2, 0) is 14.4 Å². The smallest absolute Gasteiger partial charge is 0.0799 e. The van der Waals surface area contributed by atoms with Gasteiger partial charge in [0.25, 0.3) is 0 Å². The second-order valence-electron chi connectivity index (χ2n) is 5.17. The summed E-state index contributed by atoms with van der Waals surface area (Å²) in [4.78, 5) is 29.7. The molecule has 9 heteroatoms. The van der Waals surface area contributed by atoms with Gasteiger partial charge in [0.05, 0.1) is 24.0 Å². The summed E-state index contributed by atoms with van der Waals surface area (Å²) in [5.41, 5.74) is -0.210. The van der Waals surface area contributed by atoms with E-state index in [9.17, 15) is 29.7 Å². The Balaban J connectivity index is -0.000000322. The van der Waals surface area contributed by atoms with Crippen LogP contribution in [0.25, 0.3) is 0 Å². The molecule has 0 heterocycles. The number of rotatable bonds is 11. The predicted molar refractivity (Wildman–Crippen MR) is 91.4 cm³/mol. The maximum Gasteiger partial charge on any atom is 0.0799 e. The lowest BCUT2D eigenvalue weighted by molar-refractivity contribution is -0.301. The first-order valence-electron chi connectivity index (χ1n) is 8.04. The molecule has 27 heavy (non-hydrogen) atoms. The Morgan fingerprint density at radius 3 is 1.48 bits per heavy atom. The van der Waals surface area contributed by atoms with Crippen LogP contribution in [-0.4, -0.2) is 52.5 Å². The first-order valence-corrected chi connectivity index (χ1v) is 8.04. The molecule has 0 aliphatic rings. The van der Waals surface area contributed by atoms with Crippen molar-refractivity contribution in [1.29, 1.82) is 0 Å². The van der Waals surface area contributed by atoms with Crippen molar-refractivity contribution in [1.82, 2.24) is 0 Å². The Bertz CT molecular complexity index is 509. The van der Waals surface area contributed by atoms with Gasteiger partial charge in [-0.25, -0.2) is 0 Å². The summed E-state index contributed by atoms with van der Waals surface area (Å²) in [6.07, 6.45) is 1.16. The zero-order valence-corrected chi connectivity index (χ0v) is 15.4. The fourth-order valence-corrected chi connectivity index (χ4v) is 1.17. The second-order valence-corrected chi connectivity index (χ2v) is 5.17. The summed E-state index contributed by atoms with van der Waals surface area (Å²) in [6.45, 7) is 11.1. The third kappa shape index (κ3) is 19.7. The molecule has 0 radical (unpaired) electrons. The van der Waals surface area contributed by atoms with Crippen LogP contribution in [0, 0.1) is 0 Å². The topological polar surface area (TPSA) is 181 Å². The van der Waals surface area contributed by atoms with Crippen molar-refractivity contribution >= 4 is 17.9 Å². The molecule has 0 rings (SSSR count). The number of carboxylic acid groups (broad SMARTS) is 3. The lowest BCUT2D eigenvalue weighted by Gasteiger charge is -2.10. The van der Waals surface area contributed by atoms with Gasteiger partial charge >= 0.3 is 0 Å². The van der Waals surface area contributed by atoms with Gasteiger partial charge in [0.15, 0.2) is 0 Å². The summed E-state index contributed by atoms with van der Waals surface area (Å²) < 4.78 is 0. The van der Waals surface area contributed by atoms with Gasteiger partial charge in [0.1, 0.15) is 0 Å². The van der Waals surface area contributed by atoms with Crippen LogP contribution in [0.15, 0.2) is 36.5 Å². The van der Waals surface area contributed by atoms with Crippen molar-refractivity contribution in [3.05, 3.63) is 36.5 Å². The summed E-state index contributed by atoms with van der Waals surface area (Å²) in [7, 11) is 0. The minimum absolute atomic E-state index is 0.0625. The molecule has 1 unspecified atom stereocenters. The van der Waals surface area contributed by atoms with Crippen molar-refractivity contribution < 1.29 is 45.0 Å². The summed E-state index contributed by atoms with van der Waals surface area (Å²) in [5, 5.41) is 55.0. The fourth-order valence-electron chi connectivity index (χ4n) is 1.17. The molecule has 156 valence electrons. The first kappa shape index (κ1) is 29.3. The van der Waals surface area contributed by atoms with E-state index < -0.39 is 24.0 Å². The molecule has 0 aromatic carbocycles. The zero-order valence-electron chi connectivity index (χ0n) is 15.4. The molecular weight excluding hydrogens is 360 g/mol. The number of hydrogen-bond donors (Lipinski definition) is 3. The van der Waals surface area contributed by atoms with Crippen molar-refractivity contribution in [3.63, 3.8) is 0 Å². The van der Waals surface area contributed by atoms with E-state index in [-0.39, 0.29) is 36.4 Å². The molecule has 0 fully saturated rings. The first-order chi connectivity index (χ1) is 12.5. The van der Waals surface area contributed by atoms with E-state index in [4.69, 9.17) is 15.3 Å². The molecule has 0 saturated heterocycles. The number of aliphatic hydroxyl groups excluding tert-OH is 3. The van der Waals surface area contributed by atoms with Gasteiger partial charge in [-0.05, 0) is 48.8 Å². The normalized spacial score (nSPS) is 10.2. The van der Waals surface area contributed by atoms with Gasteiger partial charge in [0, 0.05) is 13.2 Å². The number of carboxylic acids is 3. The molecule has 0 aromatic heterocycles. The maximum absolute atomic E-state index is 10.0. The third-order valence-corrected chi connectivity index (χ3v) is 2.93. The molecule has 0 amide bonds. The van der Waals surface area contributed by atoms with Crippen LogP contribution in [0.5, 0.6) is 0 Å². The maximum atomic E-state index is 10.0. The fraction of sp³-hybridized carbons (Fsp3) is 0.500. The number of hydrogen-bond acceptors (Lipinski definition) is 9. The molecular formula is C18H27O9-3. The van der Waals surface area contributed by atoms with Crippen LogP contribution in [0.4, 0.5) is 0 Å². The average molecular weight is 387 g/mol. The van der Waals surface area contributed by atoms with Crippen LogP contribution < -0.4 is 15.3 Å². The van der Waals surface area contributed by atoms with Gasteiger partial charge < -0.3 is 45.0 Å². The van der Waals surface area contributed by atoms with Gasteiger partial charge in [-0.1, -0.05) is 26.7 Å². The van der Waals surface area contributed by atoms with E-state index >= 15 is 0 Å². The molecule has 0 aliphatic heterocycles. The molecule has 0 aromatic rings. The SMILES string of the molecule is C=C(C(=O)[O-])C(O)CC.C=C(CCCCO)C(=O)[O-].C=C(CCO)C(=O)[O-]. The standard InChI is InChI=1S/C7H12O3.C6H10O3.C5H8O3/c1-6(7(9)10)4-2-3-5-8;1-3-5(7)4(2)6(8)9;1-4(2-3-6)5(7)8/h8H,1-5H2,(H,9,10);5,7H,2-3H2,1H3,(H,8,9);6H,1-3H2,(H,7,8)/p-3. The third-order valence-electron chi connectivity index (χ3n) is 2.93. The molecule has 9 nitrogen and oxygen atoms in total. The van der Waals surface area contributed by atoms with E-state index in [0.29, 0.717) is 25.7 Å². The van der Waals surface area contributed by atoms with E-state index in [1.54, 1.807) is 6.92 Å². The van der Waals surface area contributed by atoms with E-state index in [0.717, 1.165) is 0 Å². The Hall–Kier alpha value is -2.49. The lowest BCUT2D eigenvalue weighted by Crippen LogP contribution is -2.29. The van der Waals surface area contributed by atoms with Gasteiger partial charge in [-0.3, -0.25) is 0 Å². The molecule has 0 saturated carbocycles. The van der Waals surface area contributed by atoms with Gasteiger partial charge in [0.2, 0.25) is 0 Å². The number of unbranched alkanes of at least 4 members (excludes halogenated alkanes) is 1. The number of carbonyl (C=O) groups excluding carboxylic acids is 3. The Kier molecular flexibility index (Phi) is 19.9. The minimum atomic E-state index is -1.38. The molecule has 0 aliphatic carbocycles. The quantitative estimate of drug-likeness (QED) is 0.249. The van der Waals surface area contributed by atoms with Crippen molar-refractivity contribution in [2.45, 2.75) is 45.1 Å². The van der Waals surface area contributed by atoms with Crippen LogP contribution >= 0.6 is 0 Å². The zero-order chi connectivity index (χ0) is 22.0. The van der Waals surface area contributed by atoms with Crippen molar-refractivity contribution in [3.8, 4) is 0 Å². The molecule has 0 spiro atoms. The molecule has 3 N–H and O–H groups in total. The highest BCUT2D eigenvalue weighted by atomic mass is 16.4. The highest BCUT2D eigenvalue weighted by Crippen LogP contribution is 2.02. The highest BCUT2D eigenvalue weighted by Gasteiger charge is 2.04. The Labute approximate surface area is 158 Å². The van der Waals surface area contributed by atoms with Gasteiger partial charge in [-0.15, -0.1) is 0 Å². The molecule has 1 atom stereocenters. The number of carbonyl (C=O) groups is 3. The largest absolute Gasteiger partial charge is 0.545 e. The number of aliphatic carboxylic acids is 3. The second kappa shape index (κ2) is 18.3. The average Bonchev–Trinajstić information content (AvgIpc) is 2.61. The number of aliphatic hydroxyl groups is 3. The summed E-state index contributed by atoms with van der Waals surface area (Å²) >= 11 is 0.